The molecular formula is C6H11ClN2. The maximum Gasteiger partial charge on any atom is 0.0764 e. The van der Waals surface area contributed by atoms with Gasteiger partial charge >= 0.3 is 0 Å². The fourth-order valence-electron chi connectivity index (χ4n) is 0.819. The smallest absolute Gasteiger partial charge is 0.0764 e. The monoisotopic (exact) mass is 146 g/mol. The molecule has 0 aromatic heterocycles. The molecule has 52 valence electrons. The van der Waals surface area contributed by atoms with E-state index in [0.29, 0.717) is 0 Å². The molecule has 1 N–H and O–H groups in total. The molecule has 0 spiro atoms. The van der Waals surface area contributed by atoms with Crippen molar-refractivity contribution in [3.63, 3.8) is 0 Å². The van der Waals surface area contributed by atoms with E-state index in [2.05, 4.69) is 11.4 Å². The van der Waals surface area contributed by atoms with E-state index >= 15 is 0 Å². The number of halogens is 1. The largest absolute Gasteiger partial charge is 0.309 e. The van der Waals surface area contributed by atoms with Crippen molar-refractivity contribution in [3.8, 4) is 6.07 Å². The number of rotatable bonds is 0. The summed E-state index contributed by atoms with van der Waals surface area (Å²) in [6, 6.07) is 2.23. The van der Waals surface area contributed by atoms with Gasteiger partial charge in [0.2, 0.25) is 0 Å². The molecule has 1 atom stereocenters. The fourth-order valence-corrected chi connectivity index (χ4v) is 0.819. The van der Waals surface area contributed by atoms with Gasteiger partial charge in [0.05, 0.1) is 12.0 Å². The van der Waals surface area contributed by atoms with Crippen molar-refractivity contribution >= 4 is 12.4 Å². The lowest BCUT2D eigenvalue weighted by atomic mass is 9.81. The second-order valence-electron chi connectivity index (χ2n) is 2.78. The lowest BCUT2D eigenvalue weighted by Gasteiger charge is -2.41. The molecule has 1 aliphatic rings. The molecule has 0 radical (unpaired) electrons. The molecule has 0 saturated carbocycles. The Balaban J connectivity index is 0.000000640. The SMILES string of the molecule is CC1(C)NC[C@@H]1C#N.Cl. The third kappa shape index (κ3) is 1.35. The van der Waals surface area contributed by atoms with Gasteiger partial charge in [-0.15, -0.1) is 12.4 Å². The van der Waals surface area contributed by atoms with Crippen LogP contribution < -0.4 is 5.32 Å². The highest BCUT2D eigenvalue weighted by atomic mass is 35.5. The van der Waals surface area contributed by atoms with Crippen molar-refractivity contribution < 1.29 is 0 Å². The molecule has 1 fully saturated rings. The van der Waals surface area contributed by atoms with Gasteiger partial charge in [0.1, 0.15) is 0 Å². The average molecular weight is 147 g/mol. The summed E-state index contributed by atoms with van der Waals surface area (Å²) in [5, 5.41) is 11.6. The molecule has 0 aromatic rings. The van der Waals surface area contributed by atoms with Crippen LogP contribution in [-0.2, 0) is 0 Å². The van der Waals surface area contributed by atoms with Gasteiger partial charge in [-0.3, -0.25) is 0 Å². The highest BCUT2D eigenvalue weighted by Gasteiger charge is 2.37. The Morgan fingerprint density at radius 2 is 2.22 bits per heavy atom. The molecule has 0 unspecified atom stereocenters. The lowest BCUT2D eigenvalue weighted by molar-refractivity contribution is 0.190. The van der Waals surface area contributed by atoms with Crippen molar-refractivity contribution in [2.45, 2.75) is 19.4 Å². The van der Waals surface area contributed by atoms with Crippen molar-refractivity contribution in [2.24, 2.45) is 5.92 Å². The number of nitrogens with zero attached hydrogens (tertiary/aromatic N) is 1. The minimum absolute atomic E-state index is 0. The first kappa shape index (κ1) is 8.74. The van der Waals surface area contributed by atoms with E-state index in [1.807, 2.05) is 13.8 Å². The maximum atomic E-state index is 8.43. The van der Waals surface area contributed by atoms with Crippen molar-refractivity contribution in [1.82, 2.24) is 5.32 Å². The van der Waals surface area contributed by atoms with Crippen LogP contribution >= 0.6 is 12.4 Å². The quantitative estimate of drug-likeness (QED) is 0.552. The average Bonchev–Trinajstić information content (AvgIpc) is 1.66. The molecular weight excluding hydrogens is 136 g/mol. The molecule has 2 nitrogen and oxygen atoms in total. The van der Waals surface area contributed by atoms with E-state index in [4.69, 9.17) is 5.26 Å². The zero-order valence-electron chi connectivity index (χ0n) is 5.64. The second-order valence-corrected chi connectivity index (χ2v) is 2.78. The van der Waals surface area contributed by atoms with Gasteiger partial charge in [0, 0.05) is 12.1 Å². The first-order chi connectivity index (χ1) is 3.67. The summed E-state index contributed by atoms with van der Waals surface area (Å²) in [6.07, 6.45) is 0. The Kier molecular flexibility index (Phi) is 2.48. The van der Waals surface area contributed by atoms with Gasteiger partial charge in [0.25, 0.3) is 0 Å². The van der Waals surface area contributed by atoms with E-state index in [0.717, 1.165) is 6.54 Å². The molecule has 0 aliphatic carbocycles. The maximum absolute atomic E-state index is 8.43. The van der Waals surface area contributed by atoms with E-state index in [1.165, 1.54) is 0 Å². The molecule has 1 heterocycles. The Hall–Kier alpha value is -0.260. The minimum Gasteiger partial charge on any atom is -0.309 e. The second kappa shape index (κ2) is 2.55. The lowest BCUT2D eigenvalue weighted by Crippen LogP contribution is -2.60. The van der Waals surface area contributed by atoms with Crippen molar-refractivity contribution in [2.75, 3.05) is 6.54 Å². The van der Waals surface area contributed by atoms with Crippen molar-refractivity contribution in [1.29, 1.82) is 5.26 Å². The summed E-state index contributed by atoms with van der Waals surface area (Å²) in [6.45, 7) is 4.96. The first-order valence-electron chi connectivity index (χ1n) is 2.81. The minimum atomic E-state index is 0. The van der Waals surface area contributed by atoms with Crippen LogP contribution in [0.25, 0.3) is 0 Å². The molecule has 0 amide bonds. The summed E-state index contributed by atoms with van der Waals surface area (Å²) < 4.78 is 0. The van der Waals surface area contributed by atoms with Crippen LogP contribution in [0.4, 0.5) is 0 Å². The van der Waals surface area contributed by atoms with Crippen LogP contribution in [-0.4, -0.2) is 12.1 Å². The van der Waals surface area contributed by atoms with Crippen LogP contribution in [0.15, 0.2) is 0 Å². The Morgan fingerprint density at radius 3 is 2.22 bits per heavy atom. The molecule has 1 saturated heterocycles. The van der Waals surface area contributed by atoms with Crippen LogP contribution in [0.3, 0.4) is 0 Å². The summed E-state index contributed by atoms with van der Waals surface area (Å²) in [5.74, 6) is 0.225. The van der Waals surface area contributed by atoms with E-state index in [9.17, 15) is 0 Å². The summed E-state index contributed by atoms with van der Waals surface area (Å²) in [4.78, 5) is 0. The van der Waals surface area contributed by atoms with Gasteiger partial charge in [-0.1, -0.05) is 0 Å². The van der Waals surface area contributed by atoms with Gasteiger partial charge in [0.15, 0.2) is 0 Å². The van der Waals surface area contributed by atoms with Crippen LogP contribution in [0.5, 0.6) is 0 Å². The first-order valence-corrected chi connectivity index (χ1v) is 2.81. The Labute approximate surface area is 61.7 Å². The predicted octanol–water partition coefficient (Wildman–Crippen LogP) is 0.930. The molecule has 1 rings (SSSR count). The summed E-state index contributed by atoms with van der Waals surface area (Å²) >= 11 is 0. The molecule has 0 aromatic carbocycles. The normalized spacial score (nSPS) is 29.2. The highest BCUT2D eigenvalue weighted by molar-refractivity contribution is 5.85. The van der Waals surface area contributed by atoms with Gasteiger partial charge in [-0.25, -0.2) is 0 Å². The number of nitriles is 1. The van der Waals surface area contributed by atoms with Crippen LogP contribution in [0.1, 0.15) is 13.8 Å². The van der Waals surface area contributed by atoms with Crippen LogP contribution in [0.2, 0.25) is 0 Å². The van der Waals surface area contributed by atoms with Crippen LogP contribution in [0, 0.1) is 17.2 Å². The topological polar surface area (TPSA) is 35.8 Å². The predicted molar refractivity (Wildman–Crippen MR) is 38.4 cm³/mol. The molecule has 0 bridgehead atoms. The number of hydrogen-bond donors (Lipinski definition) is 1. The van der Waals surface area contributed by atoms with Crippen molar-refractivity contribution in [3.05, 3.63) is 0 Å². The molecule has 3 heteroatoms. The zero-order chi connectivity index (χ0) is 6.20. The third-order valence-corrected chi connectivity index (χ3v) is 1.79. The summed E-state index contributed by atoms with van der Waals surface area (Å²) in [7, 11) is 0. The van der Waals surface area contributed by atoms with Gasteiger partial charge in [-0.2, -0.15) is 5.26 Å². The zero-order valence-corrected chi connectivity index (χ0v) is 6.46. The fraction of sp³-hybridized carbons (Fsp3) is 0.833. The standard InChI is InChI=1S/C6H10N2.ClH/c1-6(2)5(3-7)4-8-6;/h5,8H,4H2,1-2H3;1H/t5-;/m0./s1. The number of nitrogens with one attached hydrogen (secondary N) is 1. The Bertz CT molecular complexity index is 136. The highest BCUT2D eigenvalue weighted by Crippen LogP contribution is 2.23. The molecule has 1 aliphatic heterocycles. The van der Waals surface area contributed by atoms with E-state index < -0.39 is 0 Å². The number of hydrogen-bond acceptors (Lipinski definition) is 2. The van der Waals surface area contributed by atoms with Gasteiger partial charge < -0.3 is 5.32 Å². The van der Waals surface area contributed by atoms with E-state index in [1.54, 1.807) is 0 Å². The third-order valence-electron chi connectivity index (χ3n) is 1.79. The van der Waals surface area contributed by atoms with E-state index in [-0.39, 0.29) is 23.9 Å². The van der Waals surface area contributed by atoms with Gasteiger partial charge in [-0.05, 0) is 13.8 Å². The Morgan fingerprint density at radius 1 is 1.67 bits per heavy atom. The molecule has 9 heavy (non-hydrogen) atoms. The summed E-state index contributed by atoms with van der Waals surface area (Å²) in [5.41, 5.74) is 0.0781.